The van der Waals surface area contributed by atoms with Crippen molar-refractivity contribution in [2.45, 2.75) is 6.61 Å². The van der Waals surface area contributed by atoms with Crippen molar-refractivity contribution in [3.63, 3.8) is 0 Å². The number of hydrogen-bond acceptors (Lipinski definition) is 8. The summed E-state index contributed by atoms with van der Waals surface area (Å²) < 4.78 is 16.1. The molecule has 0 aromatic heterocycles. The second kappa shape index (κ2) is 11.7. The van der Waals surface area contributed by atoms with E-state index in [0.29, 0.717) is 32.8 Å². The normalized spacial score (nSPS) is 15.1. The Morgan fingerprint density at radius 3 is 2.29 bits per heavy atom. The van der Waals surface area contributed by atoms with E-state index < -0.39 is 11.9 Å². The zero-order valence-corrected chi connectivity index (χ0v) is 21.7. The highest BCUT2D eigenvalue weighted by Crippen LogP contribution is 2.35. The van der Waals surface area contributed by atoms with Gasteiger partial charge in [-0.15, -0.1) is 0 Å². The minimum Gasteiger partial charge on any atom is -0.493 e. The second-order valence-electron chi connectivity index (χ2n) is 8.11. The lowest BCUT2D eigenvalue weighted by atomic mass is 10.1. The van der Waals surface area contributed by atoms with Gasteiger partial charge in [0.25, 0.3) is 5.91 Å². The van der Waals surface area contributed by atoms with Crippen LogP contribution in [-0.4, -0.2) is 54.3 Å². The predicted octanol–water partition coefficient (Wildman–Crippen LogP) is 4.99. The maximum Gasteiger partial charge on any atom is 0.337 e. The first-order valence-electron chi connectivity index (χ1n) is 11.4. The highest BCUT2D eigenvalue weighted by Gasteiger charge is 2.30. The molecular formula is C28H24N2O7S. The average Bonchev–Trinajstić information content (AvgIpc) is 3.19. The highest BCUT2D eigenvalue weighted by atomic mass is 32.2. The fourth-order valence-electron chi connectivity index (χ4n) is 3.50. The zero-order chi connectivity index (χ0) is 27.2. The van der Waals surface area contributed by atoms with Crippen LogP contribution >= 0.6 is 11.8 Å². The molecule has 194 valence electrons. The number of thioether (sulfide) groups is 1. The van der Waals surface area contributed by atoms with Gasteiger partial charge in [-0.25, -0.2) is 14.6 Å². The Bertz CT molecular complexity index is 1430. The molecule has 3 aromatic rings. The Morgan fingerprint density at radius 1 is 0.974 bits per heavy atom. The Balaban J connectivity index is 1.48. The summed E-state index contributed by atoms with van der Waals surface area (Å²) in [6.45, 7) is 0.232. The fourth-order valence-corrected chi connectivity index (χ4v) is 4.49. The standard InChI is InChI=1S/C28H24N2O7S/c1-30-25(31)24(38-28(30)29-21-11-9-20(10-12-21)27(34)36-3)15-18-6-13-22(23(14-18)35-2)37-16-17-4-7-19(8-5-17)26(32)33/h4-15H,16H2,1-3H3,(H,32,33)/b24-15-,29-28?. The zero-order valence-electron chi connectivity index (χ0n) is 20.8. The van der Waals surface area contributed by atoms with Crippen LogP contribution in [0.4, 0.5) is 5.69 Å². The first-order valence-corrected chi connectivity index (χ1v) is 12.2. The van der Waals surface area contributed by atoms with Crippen molar-refractivity contribution in [1.29, 1.82) is 0 Å². The molecule has 0 atom stereocenters. The number of hydrogen-bond donors (Lipinski definition) is 1. The summed E-state index contributed by atoms with van der Waals surface area (Å²) in [5.74, 6) is -0.606. The van der Waals surface area contributed by atoms with Crippen LogP contribution in [-0.2, 0) is 16.1 Å². The molecule has 3 aromatic carbocycles. The smallest absolute Gasteiger partial charge is 0.337 e. The molecule has 0 aliphatic carbocycles. The minimum absolute atomic E-state index is 0.191. The Labute approximate surface area is 223 Å². The van der Waals surface area contributed by atoms with Gasteiger partial charge in [-0.2, -0.15) is 0 Å². The lowest BCUT2D eigenvalue weighted by Gasteiger charge is -2.12. The number of amidine groups is 1. The number of nitrogens with zero attached hydrogens (tertiary/aromatic N) is 2. The molecule has 1 amide bonds. The molecule has 1 N–H and O–H groups in total. The van der Waals surface area contributed by atoms with Gasteiger partial charge < -0.3 is 19.3 Å². The van der Waals surface area contributed by atoms with E-state index in [4.69, 9.17) is 19.3 Å². The van der Waals surface area contributed by atoms with Gasteiger partial charge in [0.2, 0.25) is 0 Å². The van der Waals surface area contributed by atoms with E-state index in [1.165, 1.54) is 43.0 Å². The Kier molecular flexibility index (Phi) is 8.12. The largest absolute Gasteiger partial charge is 0.493 e. The summed E-state index contributed by atoms with van der Waals surface area (Å²) >= 11 is 1.24. The van der Waals surface area contributed by atoms with Crippen molar-refractivity contribution in [3.8, 4) is 11.5 Å². The number of aromatic carboxylic acids is 1. The van der Waals surface area contributed by atoms with Gasteiger partial charge in [0.15, 0.2) is 16.7 Å². The maximum absolute atomic E-state index is 12.8. The minimum atomic E-state index is -0.985. The third kappa shape index (κ3) is 6.04. The number of carboxylic acids is 1. The van der Waals surface area contributed by atoms with E-state index in [-0.39, 0.29) is 18.1 Å². The second-order valence-corrected chi connectivity index (χ2v) is 9.12. The van der Waals surface area contributed by atoms with Crippen molar-refractivity contribution in [1.82, 2.24) is 4.90 Å². The van der Waals surface area contributed by atoms with Crippen molar-refractivity contribution >= 4 is 46.5 Å². The molecule has 1 aliphatic rings. The monoisotopic (exact) mass is 532 g/mol. The van der Waals surface area contributed by atoms with Gasteiger partial charge in [0.1, 0.15) is 6.61 Å². The summed E-state index contributed by atoms with van der Waals surface area (Å²) in [4.78, 5) is 42.0. The molecule has 0 saturated carbocycles. The fraction of sp³-hybridized carbons (Fsp3) is 0.143. The number of rotatable bonds is 8. The van der Waals surface area contributed by atoms with Crippen LogP contribution in [0.1, 0.15) is 31.8 Å². The maximum atomic E-state index is 12.8. The number of aliphatic imine (C=N–C) groups is 1. The van der Waals surface area contributed by atoms with Crippen LogP contribution in [0.3, 0.4) is 0 Å². The molecule has 0 spiro atoms. The summed E-state index contributed by atoms with van der Waals surface area (Å²) in [7, 11) is 4.50. The summed E-state index contributed by atoms with van der Waals surface area (Å²) in [6, 6.07) is 18.4. The van der Waals surface area contributed by atoms with Crippen LogP contribution in [0.15, 0.2) is 76.6 Å². The van der Waals surface area contributed by atoms with Crippen LogP contribution < -0.4 is 9.47 Å². The number of benzene rings is 3. The number of esters is 1. The van der Waals surface area contributed by atoms with E-state index in [1.54, 1.807) is 61.7 Å². The molecule has 0 radical (unpaired) electrons. The lowest BCUT2D eigenvalue weighted by Crippen LogP contribution is -2.23. The van der Waals surface area contributed by atoms with Gasteiger partial charge in [0, 0.05) is 7.05 Å². The number of carbonyl (C=O) groups excluding carboxylic acids is 2. The first-order chi connectivity index (χ1) is 18.3. The van der Waals surface area contributed by atoms with Gasteiger partial charge >= 0.3 is 11.9 Å². The molecule has 38 heavy (non-hydrogen) atoms. The average molecular weight is 533 g/mol. The lowest BCUT2D eigenvalue weighted by molar-refractivity contribution is -0.121. The quantitative estimate of drug-likeness (QED) is 0.319. The van der Waals surface area contributed by atoms with Crippen molar-refractivity contribution in [2.75, 3.05) is 21.3 Å². The molecule has 0 unspecified atom stereocenters. The van der Waals surface area contributed by atoms with Gasteiger partial charge in [-0.1, -0.05) is 18.2 Å². The van der Waals surface area contributed by atoms with Crippen molar-refractivity contribution in [3.05, 3.63) is 93.9 Å². The molecule has 0 bridgehead atoms. The molecule has 9 nitrogen and oxygen atoms in total. The van der Waals surface area contributed by atoms with Crippen LogP contribution in [0.2, 0.25) is 0 Å². The molecule has 1 fully saturated rings. The number of ether oxygens (including phenoxy) is 3. The number of likely N-dealkylation sites (N-methyl/N-ethyl adjacent to an activating group) is 1. The van der Waals surface area contributed by atoms with E-state index >= 15 is 0 Å². The third-order valence-electron chi connectivity index (χ3n) is 5.60. The van der Waals surface area contributed by atoms with Crippen molar-refractivity contribution in [2.24, 2.45) is 4.99 Å². The number of amides is 1. The topological polar surface area (TPSA) is 115 Å². The van der Waals surface area contributed by atoms with Crippen LogP contribution in [0, 0.1) is 0 Å². The number of carbonyl (C=O) groups is 3. The molecule has 1 heterocycles. The highest BCUT2D eigenvalue weighted by molar-refractivity contribution is 8.18. The van der Waals surface area contributed by atoms with Crippen molar-refractivity contribution < 1.29 is 33.7 Å². The van der Waals surface area contributed by atoms with E-state index in [1.807, 2.05) is 6.07 Å². The molecule has 1 saturated heterocycles. The van der Waals surface area contributed by atoms with E-state index in [0.717, 1.165) is 11.1 Å². The Morgan fingerprint density at radius 2 is 1.66 bits per heavy atom. The molecular weight excluding hydrogens is 508 g/mol. The van der Waals surface area contributed by atoms with E-state index in [2.05, 4.69) is 4.99 Å². The van der Waals surface area contributed by atoms with Gasteiger partial charge in [-0.3, -0.25) is 9.69 Å². The van der Waals surface area contributed by atoms with Crippen LogP contribution in [0.5, 0.6) is 11.5 Å². The summed E-state index contributed by atoms with van der Waals surface area (Å²) in [6.07, 6.45) is 1.75. The van der Waals surface area contributed by atoms with Gasteiger partial charge in [0.05, 0.1) is 35.9 Å². The molecule has 10 heteroatoms. The van der Waals surface area contributed by atoms with Gasteiger partial charge in [-0.05, 0) is 77.5 Å². The molecule has 1 aliphatic heterocycles. The van der Waals surface area contributed by atoms with E-state index in [9.17, 15) is 14.4 Å². The number of methoxy groups -OCH3 is 2. The summed E-state index contributed by atoms with van der Waals surface area (Å²) in [5.41, 5.74) is 2.78. The third-order valence-corrected chi connectivity index (χ3v) is 6.66. The van der Waals surface area contributed by atoms with Crippen LogP contribution in [0.25, 0.3) is 6.08 Å². The predicted molar refractivity (Wildman–Crippen MR) is 144 cm³/mol. The SMILES string of the molecule is COC(=O)c1ccc(N=C2S/C(=C\c3ccc(OCc4ccc(C(=O)O)cc4)c(OC)c3)C(=O)N2C)cc1. The molecule has 4 rings (SSSR count). The summed E-state index contributed by atoms with van der Waals surface area (Å²) in [5, 5.41) is 9.53. The number of carboxylic acid groups (broad SMARTS) is 1. The Hall–Kier alpha value is -4.57. The first kappa shape index (κ1) is 26.5.